The van der Waals surface area contributed by atoms with Crippen LogP contribution in [0.3, 0.4) is 0 Å². The fraction of sp³-hybridized carbons (Fsp3) is 0.562. The zero-order chi connectivity index (χ0) is 13.4. The normalized spacial score (nSPS) is 18.5. The third-order valence-corrected chi connectivity index (χ3v) is 4.44. The first kappa shape index (κ1) is 12.7. The van der Waals surface area contributed by atoms with Gasteiger partial charge in [0.25, 0.3) is 0 Å². The third-order valence-electron chi connectivity index (χ3n) is 4.44. The van der Waals surface area contributed by atoms with Crippen LogP contribution in [0.25, 0.3) is 5.52 Å². The van der Waals surface area contributed by atoms with Crippen LogP contribution in [0.15, 0.2) is 24.5 Å². The molecule has 2 aromatic rings. The van der Waals surface area contributed by atoms with Gasteiger partial charge in [-0.05, 0) is 58.3 Å². The van der Waals surface area contributed by atoms with Crippen LogP contribution in [-0.2, 0) is 0 Å². The Kier molecular flexibility index (Phi) is 3.31. The van der Waals surface area contributed by atoms with Gasteiger partial charge >= 0.3 is 0 Å². The van der Waals surface area contributed by atoms with Gasteiger partial charge in [-0.15, -0.1) is 0 Å². The molecule has 1 fully saturated rings. The molecule has 1 saturated heterocycles. The highest BCUT2D eigenvalue weighted by atomic mass is 15.2. The highest BCUT2D eigenvalue weighted by Crippen LogP contribution is 2.29. The first-order valence-electron chi connectivity index (χ1n) is 7.33. The van der Waals surface area contributed by atoms with Crippen molar-refractivity contribution in [3.63, 3.8) is 0 Å². The maximum atomic E-state index is 4.69. The van der Waals surface area contributed by atoms with E-state index in [1.165, 1.54) is 42.8 Å². The standard InChI is InChI=1S/C16H23N3/c1-12(2)18-9-6-14(7-10-18)16-17-11-15-13(3)5-4-8-19(15)16/h4-5,8,11-12,14H,6-7,9-10H2,1-3H3. The maximum absolute atomic E-state index is 4.69. The lowest BCUT2D eigenvalue weighted by Crippen LogP contribution is -2.38. The molecule has 3 nitrogen and oxygen atoms in total. The highest BCUT2D eigenvalue weighted by molar-refractivity contribution is 5.53. The van der Waals surface area contributed by atoms with Gasteiger partial charge in [-0.3, -0.25) is 0 Å². The van der Waals surface area contributed by atoms with Crippen LogP contribution in [0.2, 0.25) is 0 Å². The summed E-state index contributed by atoms with van der Waals surface area (Å²) in [7, 11) is 0. The largest absolute Gasteiger partial charge is 0.303 e. The summed E-state index contributed by atoms with van der Waals surface area (Å²) in [6, 6.07) is 4.94. The van der Waals surface area contributed by atoms with E-state index in [2.05, 4.69) is 48.4 Å². The minimum atomic E-state index is 0.610. The van der Waals surface area contributed by atoms with E-state index in [9.17, 15) is 0 Å². The van der Waals surface area contributed by atoms with Crippen LogP contribution in [0.5, 0.6) is 0 Å². The molecule has 0 spiro atoms. The highest BCUT2D eigenvalue weighted by Gasteiger charge is 2.24. The fourth-order valence-corrected chi connectivity index (χ4v) is 3.16. The Balaban J connectivity index is 1.84. The van der Waals surface area contributed by atoms with E-state index in [-0.39, 0.29) is 0 Å². The van der Waals surface area contributed by atoms with Gasteiger partial charge in [0.05, 0.1) is 11.7 Å². The second-order valence-electron chi connectivity index (χ2n) is 5.97. The van der Waals surface area contributed by atoms with Gasteiger partial charge < -0.3 is 9.30 Å². The van der Waals surface area contributed by atoms with Gasteiger partial charge in [0, 0.05) is 18.2 Å². The van der Waals surface area contributed by atoms with Crippen molar-refractivity contribution in [2.24, 2.45) is 0 Å². The maximum Gasteiger partial charge on any atom is 0.116 e. The summed E-state index contributed by atoms with van der Waals surface area (Å²) in [4.78, 5) is 7.26. The fourth-order valence-electron chi connectivity index (χ4n) is 3.16. The van der Waals surface area contributed by atoms with Crippen molar-refractivity contribution in [1.29, 1.82) is 0 Å². The molecule has 102 valence electrons. The summed E-state index contributed by atoms with van der Waals surface area (Å²) in [6.45, 7) is 9.12. The molecule has 1 aliphatic rings. The van der Waals surface area contributed by atoms with Gasteiger partial charge in [-0.2, -0.15) is 0 Å². The molecule has 0 atom stereocenters. The van der Waals surface area contributed by atoms with Crippen LogP contribution in [-0.4, -0.2) is 33.4 Å². The van der Waals surface area contributed by atoms with E-state index in [0.717, 1.165) is 0 Å². The second-order valence-corrected chi connectivity index (χ2v) is 5.97. The Bertz CT molecular complexity index is 562. The molecule has 0 saturated carbocycles. The number of fused-ring (bicyclic) bond motifs is 1. The molecule has 3 rings (SSSR count). The molecular formula is C16H23N3. The number of nitrogens with zero attached hydrogens (tertiary/aromatic N) is 3. The Hall–Kier alpha value is -1.35. The molecular weight excluding hydrogens is 234 g/mol. The van der Waals surface area contributed by atoms with Crippen molar-refractivity contribution in [3.05, 3.63) is 35.9 Å². The average Bonchev–Trinajstić information content (AvgIpc) is 2.84. The third kappa shape index (κ3) is 2.27. The molecule has 0 bridgehead atoms. The first-order chi connectivity index (χ1) is 9.16. The van der Waals surface area contributed by atoms with Crippen LogP contribution in [0.4, 0.5) is 0 Å². The molecule has 0 aromatic carbocycles. The number of rotatable bonds is 2. The Morgan fingerprint density at radius 2 is 2.00 bits per heavy atom. The van der Waals surface area contributed by atoms with E-state index in [0.29, 0.717) is 12.0 Å². The van der Waals surface area contributed by atoms with Gasteiger partial charge in [0.2, 0.25) is 0 Å². The number of hydrogen-bond donors (Lipinski definition) is 0. The summed E-state index contributed by atoms with van der Waals surface area (Å²) >= 11 is 0. The lowest BCUT2D eigenvalue weighted by atomic mass is 9.95. The zero-order valence-electron chi connectivity index (χ0n) is 12.1. The number of hydrogen-bond acceptors (Lipinski definition) is 2. The van der Waals surface area contributed by atoms with Crippen molar-refractivity contribution in [2.75, 3.05) is 13.1 Å². The van der Waals surface area contributed by atoms with Crippen molar-refractivity contribution in [2.45, 2.75) is 45.6 Å². The van der Waals surface area contributed by atoms with E-state index in [1.807, 2.05) is 6.20 Å². The van der Waals surface area contributed by atoms with Crippen molar-refractivity contribution < 1.29 is 0 Å². The Morgan fingerprint density at radius 1 is 1.26 bits per heavy atom. The van der Waals surface area contributed by atoms with E-state index in [4.69, 9.17) is 4.98 Å². The quantitative estimate of drug-likeness (QED) is 0.823. The SMILES string of the molecule is Cc1cccn2c(C3CCN(C(C)C)CC3)ncc12. The van der Waals surface area contributed by atoms with Gasteiger partial charge in [-0.25, -0.2) is 4.98 Å². The predicted molar refractivity (Wildman–Crippen MR) is 78.6 cm³/mol. The molecule has 2 aromatic heterocycles. The Morgan fingerprint density at radius 3 is 2.68 bits per heavy atom. The summed E-state index contributed by atoms with van der Waals surface area (Å²) in [5, 5.41) is 0. The van der Waals surface area contributed by atoms with Crippen LogP contribution in [0.1, 0.15) is 44.0 Å². The summed E-state index contributed by atoms with van der Waals surface area (Å²) in [5.41, 5.74) is 2.56. The molecule has 19 heavy (non-hydrogen) atoms. The lowest BCUT2D eigenvalue weighted by Gasteiger charge is -2.34. The molecule has 0 N–H and O–H groups in total. The van der Waals surface area contributed by atoms with Crippen molar-refractivity contribution in [3.8, 4) is 0 Å². The molecule has 0 unspecified atom stereocenters. The number of imidazole rings is 1. The average molecular weight is 257 g/mol. The van der Waals surface area contributed by atoms with Crippen molar-refractivity contribution >= 4 is 5.52 Å². The van der Waals surface area contributed by atoms with Gasteiger partial charge in [0.15, 0.2) is 0 Å². The van der Waals surface area contributed by atoms with Crippen molar-refractivity contribution in [1.82, 2.24) is 14.3 Å². The molecule has 0 amide bonds. The summed E-state index contributed by atoms with van der Waals surface area (Å²) in [5.74, 6) is 1.86. The van der Waals surface area contributed by atoms with E-state index < -0.39 is 0 Å². The first-order valence-corrected chi connectivity index (χ1v) is 7.33. The second kappa shape index (κ2) is 4.97. The number of aromatic nitrogens is 2. The predicted octanol–water partition coefficient (Wildman–Crippen LogP) is 3.23. The molecule has 0 aliphatic carbocycles. The topological polar surface area (TPSA) is 20.5 Å². The van der Waals surface area contributed by atoms with Crippen LogP contribution in [0, 0.1) is 6.92 Å². The van der Waals surface area contributed by atoms with Crippen LogP contribution >= 0.6 is 0 Å². The molecule has 0 radical (unpaired) electrons. The monoisotopic (exact) mass is 257 g/mol. The van der Waals surface area contributed by atoms with E-state index >= 15 is 0 Å². The molecule has 1 aliphatic heterocycles. The number of pyridine rings is 1. The lowest BCUT2D eigenvalue weighted by molar-refractivity contribution is 0.169. The van der Waals surface area contributed by atoms with Gasteiger partial charge in [0.1, 0.15) is 5.82 Å². The summed E-state index contributed by atoms with van der Waals surface area (Å²) < 4.78 is 2.28. The number of likely N-dealkylation sites (tertiary alicyclic amines) is 1. The molecule has 3 heteroatoms. The molecule has 3 heterocycles. The Labute approximate surface area is 115 Å². The van der Waals surface area contributed by atoms with Crippen LogP contribution < -0.4 is 0 Å². The number of aryl methyl sites for hydroxylation is 1. The number of piperidine rings is 1. The summed E-state index contributed by atoms with van der Waals surface area (Å²) in [6.07, 6.45) is 6.63. The van der Waals surface area contributed by atoms with E-state index in [1.54, 1.807) is 0 Å². The zero-order valence-corrected chi connectivity index (χ0v) is 12.1. The minimum Gasteiger partial charge on any atom is -0.303 e. The minimum absolute atomic E-state index is 0.610. The van der Waals surface area contributed by atoms with Gasteiger partial charge in [-0.1, -0.05) is 6.07 Å². The smallest absolute Gasteiger partial charge is 0.116 e.